The van der Waals surface area contributed by atoms with Gasteiger partial charge in [-0.05, 0) is 25.0 Å². The Kier molecular flexibility index (Phi) is 7.54. The first-order valence-electron chi connectivity index (χ1n) is 9.38. The molecule has 0 spiro atoms. The maximum absolute atomic E-state index is 13.9. The van der Waals surface area contributed by atoms with Gasteiger partial charge in [-0.3, -0.25) is 9.79 Å². The van der Waals surface area contributed by atoms with Gasteiger partial charge in [0, 0.05) is 12.3 Å². The number of halogens is 1. The van der Waals surface area contributed by atoms with Crippen LogP contribution in [0, 0.1) is 11.7 Å². The van der Waals surface area contributed by atoms with Crippen LogP contribution in [0.3, 0.4) is 0 Å². The molecule has 0 aliphatic carbocycles. The van der Waals surface area contributed by atoms with Crippen molar-refractivity contribution < 1.29 is 13.9 Å². The molecule has 1 unspecified atom stereocenters. The zero-order chi connectivity index (χ0) is 20.8. The molecule has 0 bridgehead atoms. The van der Waals surface area contributed by atoms with Crippen LogP contribution in [0.15, 0.2) is 34.4 Å². The minimum atomic E-state index is -0.495. The molecule has 156 valence electrons. The number of ether oxygens (including phenoxy) is 1. The van der Waals surface area contributed by atoms with E-state index in [9.17, 15) is 9.18 Å². The van der Waals surface area contributed by atoms with E-state index in [1.807, 2.05) is 11.5 Å². The van der Waals surface area contributed by atoms with Crippen molar-refractivity contribution in [1.29, 1.82) is 0 Å². The standard InChI is InChI=1S/C19H24FN5O2S2/c1-12(2)10-25-17(13(3)27-15-7-5-4-6-14(15)20)23-24-19(25)29-11-16(26)22-18-21-8-9-28-18/h4-7,12-13H,8-11H2,1-3H3,(H,21,22,26). The summed E-state index contributed by atoms with van der Waals surface area (Å²) >= 11 is 2.85. The van der Waals surface area contributed by atoms with Crippen molar-refractivity contribution in [3.8, 4) is 5.75 Å². The van der Waals surface area contributed by atoms with Crippen LogP contribution in [-0.2, 0) is 11.3 Å². The van der Waals surface area contributed by atoms with Crippen LogP contribution in [0.1, 0.15) is 32.7 Å². The van der Waals surface area contributed by atoms with Crippen LogP contribution in [0.5, 0.6) is 5.75 Å². The number of nitrogens with one attached hydrogen (secondary N) is 1. The number of aliphatic imine (C=N–C) groups is 1. The fourth-order valence-electron chi connectivity index (χ4n) is 2.72. The highest BCUT2D eigenvalue weighted by atomic mass is 32.2. The van der Waals surface area contributed by atoms with Crippen molar-refractivity contribution in [2.75, 3.05) is 18.1 Å². The second kappa shape index (κ2) is 10.1. The summed E-state index contributed by atoms with van der Waals surface area (Å²) in [4.78, 5) is 16.4. The maximum atomic E-state index is 13.9. The summed E-state index contributed by atoms with van der Waals surface area (Å²) in [5, 5.41) is 12.6. The molecular weight excluding hydrogens is 413 g/mol. The van der Waals surface area contributed by atoms with Gasteiger partial charge in [0.25, 0.3) is 0 Å². The lowest BCUT2D eigenvalue weighted by Gasteiger charge is -2.18. The van der Waals surface area contributed by atoms with Crippen molar-refractivity contribution in [2.45, 2.75) is 38.6 Å². The van der Waals surface area contributed by atoms with Crippen molar-refractivity contribution in [1.82, 2.24) is 20.1 Å². The summed E-state index contributed by atoms with van der Waals surface area (Å²) in [7, 11) is 0. The molecule has 1 aliphatic heterocycles. The number of thioether (sulfide) groups is 2. The Morgan fingerprint density at radius 1 is 1.34 bits per heavy atom. The Labute approximate surface area is 177 Å². The summed E-state index contributed by atoms with van der Waals surface area (Å²) in [5.74, 6) is 1.66. The zero-order valence-electron chi connectivity index (χ0n) is 16.6. The molecule has 1 N–H and O–H groups in total. The average Bonchev–Trinajstić information content (AvgIpc) is 3.31. The molecule has 29 heavy (non-hydrogen) atoms. The van der Waals surface area contributed by atoms with Gasteiger partial charge < -0.3 is 14.6 Å². The quantitative estimate of drug-likeness (QED) is 0.637. The molecule has 3 rings (SSSR count). The summed E-state index contributed by atoms with van der Waals surface area (Å²) < 4.78 is 21.6. The highest BCUT2D eigenvalue weighted by Gasteiger charge is 2.22. The molecule has 0 saturated heterocycles. The molecule has 0 saturated carbocycles. The topological polar surface area (TPSA) is 81.4 Å². The number of amidine groups is 1. The molecule has 7 nitrogen and oxygen atoms in total. The van der Waals surface area contributed by atoms with Gasteiger partial charge in [-0.15, -0.1) is 10.2 Å². The Hall–Kier alpha value is -2.07. The number of nitrogens with zero attached hydrogens (tertiary/aromatic N) is 4. The second-order valence-corrected chi connectivity index (χ2v) is 8.93. The van der Waals surface area contributed by atoms with E-state index in [1.165, 1.54) is 17.8 Å². The van der Waals surface area contributed by atoms with Crippen molar-refractivity contribution in [2.24, 2.45) is 10.9 Å². The lowest BCUT2D eigenvalue weighted by molar-refractivity contribution is -0.117. The molecular formula is C19H24FN5O2S2. The molecule has 2 aromatic rings. The minimum absolute atomic E-state index is 0.126. The molecule has 0 fully saturated rings. The van der Waals surface area contributed by atoms with Gasteiger partial charge >= 0.3 is 0 Å². The highest BCUT2D eigenvalue weighted by molar-refractivity contribution is 8.14. The number of aromatic nitrogens is 3. The van der Waals surface area contributed by atoms with E-state index in [2.05, 4.69) is 34.4 Å². The van der Waals surface area contributed by atoms with Gasteiger partial charge in [0.05, 0.1) is 12.3 Å². The first-order valence-corrected chi connectivity index (χ1v) is 11.4. The molecule has 0 radical (unpaired) electrons. The Balaban J connectivity index is 1.70. The fourth-order valence-corrected chi connectivity index (χ4v) is 4.22. The summed E-state index contributed by atoms with van der Waals surface area (Å²) in [6, 6.07) is 6.27. The number of carbonyl (C=O) groups excluding carboxylic acids is 1. The lowest BCUT2D eigenvalue weighted by atomic mass is 10.2. The van der Waals surface area contributed by atoms with Crippen molar-refractivity contribution in [3.63, 3.8) is 0 Å². The Bertz CT molecular complexity index is 887. The Morgan fingerprint density at radius 2 is 2.14 bits per heavy atom. The molecule has 10 heteroatoms. The summed E-state index contributed by atoms with van der Waals surface area (Å²) in [6.07, 6.45) is -0.495. The fraction of sp³-hybridized carbons (Fsp3) is 0.474. The third-order valence-corrected chi connectivity index (χ3v) is 5.82. The SMILES string of the molecule is CC(C)Cn1c(SCC(=O)NC2=NCCS2)nnc1C(C)Oc1ccccc1F. The number of benzene rings is 1. The van der Waals surface area contributed by atoms with Crippen molar-refractivity contribution >= 4 is 34.6 Å². The largest absolute Gasteiger partial charge is 0.480 e. The second-order valence-electron chi connectivity index (χ2n) is 6.91. The van der Waals surface area contributed by atoms with Crippen LogP contribution < -0.4 is 10.1 Å². The van der Waals surface area contributed by atoms with E-state index in [0.29, 0.717) is 28.6 Å². The average molecular weight is 438 g/mol. The number of hydrogen-bond acceptors (Lipinski definition) is 7. The highest BCUT2D eigenvalue weighted by Crippen LogP contribution is 2.27. The molecule has 1 aromatic carbocycles. The van der Waals surface area contributed by atoms with E-state index in [-0.39, 0.29) is 17.4 Å². The first-order chi connectivity index (χ1) is 13.9. The van der Waals surface area contributed by atoms with Gasteiger partial charge in [0.15, 0.2) is 33.8 Å². The van der Waals surface area contributed by atoms with Gasteiger partial charge in [-0.1, -0.05) is 49.5 Å². The van der Waals surface area contributed by atoms with E-state index >= 15 is 0 Å². The third-order valence-electron chi connectivity index (χ3n) is 3.96. The van der Waals surface area contributed by atoms with Gasteiger partial charge in [0.2, 0.25) is 5.91 Å². The Morgan fingerprint density at radius 3 is 2.83 bits per heavy atom. The van der Waals surface area contributed by atoms with E-state index in [1.54, 1.807) is 30.0 Å². The van der Waals surface area contributed by atoms with Gasteiger partial charge in [0.1, 0.15) is 0 Å². The minimum Gasteiger partial charge on any atom is -0.480 e. The molecule has 1 aliphatic rings. The van der Waals surface area contributed by atoms with Crippen LogP contribution >= 0.6 is 23.5 Å². The number of carbonyl (C=O) groups is 1. The van der Waals surface area contributed by atoms with E-state index < -0.39 is 11.9 Å². The number of hydrogen-bond donors (Lipinski definition) is 1. The first kappa shape index (κ1) is 21.6. The molecule has 2 heterocycles. The monoisotopic (exact) mass is 437 g/mol. The number of amides is 1. The molecule has 1 aromatic heterocycles. The van der Waals surface area contributed by atoms with Crippen LogP contribution in [0.2, 0.25) is 0 Å². The summed E-state index contributed by atoms with van der Waals surface area (Å²) in [6.45, 7) is 7.38. The van der Waals surface area contributed by atoms with Crippen LogP contribution in [0.4, 0.5) is 4.39 Å². The predicted octanol–water partition coefficient (Wildman–Crippen LogP) is 3.52. The molecule has 1 atom stereocenters. The van der Waals surface area contributed by atoms with E-state index in [0.717, 1.165) is 12.3 Å². The zero-order valence-corrected chi connectivity index (χ0v) is 18.2. The van der Waals surface area contributed by atoms with Crippen LogP contribution in [-0.4, -0.2) is 43.9 Å². The number of rotatable bonds is 8. The third kappa shape index (κ3) is 5.96. The molecule has 1 amide bonds. The summed E-state index contributed by atoms with van der Waals surface area (Å²) in [5.41, 5.74) is 0. The number of para-hydroxylation sites is 1. The van der Waals surface area contributed by atoms with Gasteiger partial charge in [-0.25, -0.2) is 4.39 Å². The normalized spacial score (nSPS) is 14.7. The van der Waals surface area contributed by atoms with Crippen LogP contribution in [0.25, 0.3) is 0 Å². The predicted molar refractivity (Wildman–Crippen MR) is 114 cm³/mol. The van der Waals surface area contributed by atoms with E-state index in [4.69, 9.17) is 4.74 Å². The lowest BCUT2D eigenvalue weighted by Crippen LogP contribution is -2.29. The maximum Gasteiger partial charge on any atom is 0.236 e. The smallest absolute Gasteiger partial charge is 0.236 e. The van der Waals surface area contributed by atoms with Crippen molar-refractivity contribution in [3.05, 3.63) is 35.9 Å². The van der Waals surface area contributed by atoms with Gasteiger partial charge in [-0.2, -0.15) is 0 Å².